The largest absolute Gasteiger partial charge is 0.573 e. The first kappa shape index (κ1) is 10.4. The zero-order valence-corrected chi connectivity index (χ0v) is 6.93. The summed E-state index contributed by atoms with van der Waals surface area (Å²) >= 11 is 0. The zero-order valence-electron chi connectivity index (χ0n) is 6.93. The van der Waals surface area contributed by atoms with Gasteiger partial charge in [0.1, 0.15) is 11.8 Å². The van der Waals surface area contributed by atoms with E-state index in [-0.39, 0.29) is 5.56 Å². The highest BCUT2D eigenvalue weighted by molar-refractivity contribution is 5.46. The Labute approximate surface area is 78.5 Å². The molecule has 0 heterocycles. The second-order valence-corrected chi connectivity index (χ2v) is 2.49. The lowest BCUT2D eigenvalue weighted by Crippen LogP contribution is -2.17. The molecule has 73 valence electrons. The van der Waals surface area contributed by atoms with Crippen molar-refractivity contribution < 1.29 is 17.9 Å². The highest BCUT2D eigenvalue weighted by Crippen LogP contribution is 2.26. The van der Waals surface area contributed by atoms with Gasteiger partial charge in [-0.3, -0.25) is 0 Å². The summed E-state index contributed by atoms with van der Waals surface area (Å²) in [6.07, 6.45) is -4.79. The lowest BCUT2D eigenvalue weighted by Gasteiger charge is -2.10. The molecule has 0 aromatic heterocycles. The normalized spacial score (nSPS) is 10.8. The van der Waals surface area contributed by atoms with Gasteiger partial charge in [-0.1, -0.05) is 6.07 Å². The molecule has 14 heavy (non-hydrogen) atoms. The van der Waals surface area contributed by atoms with E-state index in [4.69, 9.17) is 5.26 Å². The Bertz CT molecular complexity index is 379. The number of benzene rings is 1. The topological polar surface area (TPSA) is 33.0 Å². The van der Waals surface area contributed by atoms with Crippen molar-refractivity contribution in [3.8, 4) is 11.8 Å². The molecule has 1 aromatic rings. The van der Waals surface area contributed by atoms with Crippen LogP contribution in [0.2, 0.25) is 0 Å². The maximum Gasteiger partial charge on any atom is 0.573 e. The minimum Gasteiger partial charge on any atom is -0.404 e. The molecule has 0 fully saturated rings. The minimum absolute atomic E-state index is 0.172. The van der Waals surface area contributed by atoms with Gasteiger partial charge in [0.15, 0.2) is 0 Å². The molecule has 0 aliphatic rings. The molecule has 5 heteroatoms. The predicted octanol–water partition coefficient (Wildman–Crippen LogP) is 2.64. The number of alkyl halides is 3. The number of nitrogens with zero attached hydrogens (tertiary/aromatic N) is 1. The maximum atomic E-state index is 11.8. The van der Waals surface area contributed by atoms with Crippen LogP contribution in [0.3, 0.4) is 0 Å². The van der Waals surface area contributed by atoms with Gasteiger partial charge in [-0.15, -0.1) is 13.2 Å². The molecule has 0 bridgehead atoms. The number of hydrogen-bond acceptors (Lipinski definition) is 2. The van der Waals surface area contributed by atoms with E-state index >= 15 is 0 Å². The summed E-state index contributed by atoms with van der Waals surface area (Å²) in [5.74, 6) is -0.521. The molecule has 0 N–H and O–H groups in total. The van der Waals surface area contributed by atoms with Gasteiger partial charge < -0.3 is 4.74 Å². The lowest BCUT2D eigenvalue weighted by atomic mass is 10.1. The summed E-state index contributed by atoms with van der Waals surface area (Å²) in [5.41, 5.74) is 0.179. The van der Waals surface area contributed by atoms with Crippen LogP contribution in [0, 0.1) is 18.3 Å². The van der Waals surface area contributed by atoms with Crippen molar-refractivity contribution in [3.05, 3.63) is 36.2 Å². The van der Waals surface area contributed by atoms with Gasteiger partial charge in [-0.2, -0.15) is 5.26 Å². The van der Waals surface area contributed by atoms with Crippen molar-refractivity contribution in [1.82, 2.24) is 0 Å². The summed E-state index contributed by atoms with van der Waals surface area (Å²) in [5, 5.41) is 8.49. The summed E-state index contributed by atoms with van der Waals surface area (Å²) in [7, 11) is 0. The SMILES string of the molecule is [CH2]c1ccc(C#N)c(OC(F)(F)F)c1. The zero-order chi connectivity index (χ0) is 10.8. The summed E-state index contributed by atoms with van der Waals surface area (Å²) in [6, 6.07) is 5.31. The lowest BCUT2D eigenvalue weighted by molar-refractivity contribution is -0.274. The van der Waals surface area contributed by atoms with Crippen molar-refractivity contribution >= 4 is 0 Å². The molecular weight excluding hydrogens is 195 g/mol. The average molecular weight is 200 g/mol. The van der Waals surface area contributed by atoms with E-state index in [0.29, 0.717) is 5.56 Å². The van der Waals surface area contributed by atoms with E-state index in [1.807, 2.05) is 0 Å². The third kappa shape index (κ3) is 2.66. The summed E-state index contributed by atoms with van der Waals surface area (Å²) in [4.78, 5) is 0. The van der Waals surface area contributed by atoms with E-state index in [1.165, 1.54) is 12.1 Å². The fraction of sp³-hybridized carbons (Fsp3) is 0.111. The molecule has 0 unspecified atom stereocenters. The Hall–Kier alpha value is -1.70. The Morgan fingerprint density at radius 1 is 1.36 bits per heavy atom. The fourth-order valence-electron chi connectivity index (χ4n) is 0.868. The van der Waals surface area contributed by atoms with Crippen molar-refractivity contribution in [2.75, 3.05) is 0 Å². The molecule has 0 spiro atoms. The highest BCUT2D eigenvalue weighted by Gasteiger charge is 2.32. The van der Waals surface area contributed by atoms with Gasteiger partial charge >= 0.3 is 6.36 Å². The Morgan fingerprint density at radius 2 is 2.00 bits per heavy atom. The first-order valence-electron chi connectivity index (χ1n) is 3.54. The first-order valence-corrected chi connectivity index (χ1v) is 3.54. The summed E-state index contributed by atoms with van der Waals surface area (Å²) in [6.45, 7) is 3.43. The van der Waals surface area contributed by atoms with Crippen LogP contribution in [0.1, 0.15) is 11.1 Å². The van der Waals surface area contributed by atoms with E-state index in [0.717, 1.165) is 6.07 Å². The molecule has 0 saturated heterocycles. The molecule has 2 nitrogen and oxygen atoms in total. The van der Waals surface area contributed by atoms with E-state index in [2.05, 4.69) is 11.7 Å². The molecule has 0 saturated carbocycles. The van der Waals surface area contributed by atoms with Gasteiger partial charge in [-0.25, -0.2) is 0 Å². The standard InChI is InChI=1S/C9H5F3NO/c1-6-2-3-7(5-13)8(4-6)14-9(10,11)12/h2-4H,1H2. The third-order valence-corrected chi connectivity index (χ3v) is 1.39. The molecule has 1 aromatic carbocycles. The fourth-order valence-corrected chi connectivity index (χ4v) is 0.868. The Kier molecular flexibility index (Phi) is 2.65. The average Bonchev–Trinajstić information content (AvgIpc) is 2.01. The van der Waals surface area contributed by atoms with Gasteiger partial charge in [0.05, 0.1) is 5.56 Å². The molecule has 0 aliphatic heterocycles. The van der Waals surface area contributed by atoms with Crippen LogP contribution >= 0.6 is 0 Å². The summed E-state index contributed by atoms with van der Waals surface area (Å²) < 4.78 is 39.2. The highest BCUT2D eigenvalue weighted by atomic mass is 19.4. The van der Waals surface area contributed by atoms with Crippen LogP contribution in [0.4, 0.5) is 13.2 Å². The number of ether oxygens (including phenoxy) is 1. The molecule has 0 atom stereocenters. The molecular formula is C9H5F3NO. The van der Waals surface area contributed by atoms with E-state index < -0.39 is 12.1 Å². The van der Waals surface area contributed by atoms with Gasteiger partial charge in [0, 0.05) is 0 Å². The number of rotatable bonds is 1. The van der Waals surface area contributed by atoms with Gasteiger partial charge in [0.2, 0.25) is 0 Å². The quantitative estimate of drug-likeness (QED) is 0.698. The van der Waals surface area contributed by atoms with Crippen LogP contribution in [0.5, 0.6) is 5.75 Å². The Balaban J connectivity index is 3.07. The third-order valence-electron chi connectivity index (χ3n) is 1.39. The van der Waals surface area contributed by atoms with Crippen molar-refractivity contribution in [2.24, 2.45) is 0 Å². The predicted molar refractivity (Wildman–Crippen MR) is 42.3 cm³/mol. The Morgan fingerprint density at radius 3 is 2.50 bits per heavy atom. The molecule has 0 aliphatic carbocycles. The molecule has 1 rings (SSSR count). The van der Waals surface area contributed by atoms with Crippen LogP contribution < -0.4 is 4.74 Å². The number of nitriles is 1. The van der Waals surface area contributed by atoms with Gasteiger partial charge in [0.25, 0.3) is 0 Å². The monoisotopic (exact) mass is 200 g/mol. The smallest absolute Gasteiger partial charge is 0.404 e. The van der Waals surface area contributed by atoms with Crippen LogP contribution in [-0.4, -0.2) is 6.36 Å². The van der Waals surface area contributed by atoms with Crippen LogP contribution in [0.25, 0.3) is 0 Å². The van der Waals surface area contributed by atoms with Gasteiger partial charge in [-0.05, 0) is 24.6 Å². The van der Waals surface area contributed by atoms with Crippen molar-refractivity contribution in [3.63, 3.8) is 0 Å². The van der Waals surface area contributed by atoms with Crippen molar-refractivity contribution in [2.45, 2.75) is 6.36 Å². The molecule has 0 amide bonds. The van der Waals surface area contributed by atoms with Crippen LogP contribution in [0.15, 0.2) is 18.2 Å². The maximum absolute atomic E-state index is 11.8. The van der Waals surface area contributed by atoms with E-state index in [9.17, 15) is 13.2 Å². The van der Waals surface area contributed by atoms with Crippen molar-refractivity contribution in [1.29, 1.82) is 5.26 Å². The second-order valence-electron chi connectivity index (χ2n) is 2.49. The molecule has 1 radical (unpaired) electrons. The minimum atomic E-state index is -4.79. The number of halogens is 3. The first-order chi connectivity index (χ1) is 6.42. The van der Waals surface area contributed by atoms with E-state index in [1.54, 1.807) is 6.07 Å². The van der Waals surface area contributed by atoms with Crippen LogP contribution in [-0.2, 0) is 0 Å². The number of hydrogen-bond donors (Lipinski definition) is 0. The second kappa shape index (κ2) is 3.58.